The Morgan fingerprint density at radius 3 is 2.26 bits per heavy atom. The van der Waals surface area contributed by atoms with E-state index in [0.29, 0.717) is 69.5 Å². The Hall–Kier alpha value is -4.19. The van der Waals surface area contributed by atoms with E-state index < -0.39 is 35.5 Å². The number of carboxylic acid groups (broad SMARTS) is 1. The van der Waals surface area contributed by atoms with E-state index in [0.717, 1.165) is 11.1 Å². The smallest absolute Gasteiger partial charge is 0.326 e. The molecule has 3 aromatic rings. The topological polar surface area (TPSA) is 117 Å². The molecule has 9 nitrogen and oxygen atoms in total. The molecule has 2 N–H and O–H groups in total. The van der Waals surface area contributed by atoms with Gasteiger partial charge >= 0.3 is 5.97 Å². The summed E-state index contributed by atoms with van der Waals surface area (Å²) in [5, 5.41) is 20.1. The summed E-state index contributed by atoms with van der Waals surface area (Å²) in [4.78, 5) is 40.7. The molecule has 11 heteroatoms. The number of benzene rings is 3. The van der Waals surface area contributed by atoms with Crippen LogP contribution in [0.4, 0.5) is 14.5 Å². The first-order valence-corrected chi connectivity index (χ1v) is 16.0. The molecule has 3 aromatic carbocycles. The summed E-state index contributed by atoms with van der Waals surface area (Å²) in [7, 11) is 0. The largest absolute Gasteiger partial charge is 0.480 e. The fourth-order valence-corrected chi connectivity index (χ4v) is 6.79. The number of carboxylic acids is 1. The first-order valence-electron chi connectivity index (χ1n) is 16.0. The standard InChI is InChI=1S/C36H38F2N2O7/c37-26-9-7-24(8-10-26)31(41)16-15-29-33(40(34(29)43)28-13-11-27(38)12-14-28)25-5-3-23(4-6-25)17-18-36(21-46-22-36)47-20-32(42)39-19-1-2-30(39)35(44)45/h3-14,29-31,33,41H,1-2,15-22H2,(H,44,45)/t29-,30?,31+,33-/m1/s1. The van der Waals surface area contributed by atoms with Gasteiger partial charge in [0, 0.05) is 12.2 Å². The number of amides is 2. The average Bonchev–Trinajstić information content (AvgIpc) is 3.55. The Kier molecular flexibility index (Phi) is 9.67. The molecule has 0 saturated carbocycles. The third-order valence-corrected chi connectivity index (χ3v) is 9.61. The van der Waals surface area contributed by atoms with Crippen molar-refractivity contribution in [2.75, 3.05) is 31.3 Å². The number of aliphatic hydroxyl groups is 1. The van der Waals surface area contributed by atoms with Crippen molar-refractivity contribution in [1.29, 1.82) is 0 Å². The lowest BCUT2D eigenvalue weighted by Gasteiger charge is -2.48. The van der Waals surface area contributed by atoms with Crippen molar-refractivity contribution in [2.24, 2.45) is 5.92 Å². The van der Waals surface area contributed by atoms with E-state index in [1.54, 1.807) is 17.0 Å². The number of ether oxygens (including phenoxy) is 2. The van der Waals surface area contributed by atoms with Crippen LogP contribution in [0.25, 0.3) is 0 Å². The molecule has 0 radical (unpaired) electrons. The Bertz CT molecular complexity index is 1580. The fraction of sp³-hybridized carbons (Fsp3) is 0.417. The van der Waals surface area contributed by atoms with Crippen molar-refractivity contribution in [2.45, 2.75) is 62.3 Å². The summed E-state index contributed by atoms with van der Waals surface area (Å²) in [5.41, 5.74) is 2.48. The molecule has 0 aliphatic carbocycles. The Morgan fingerprint density at radius 2 is 1.64 bits per heavy atom. The van der Waals surface area contributed by atoms with Gasteiger partial charge in [0.05, 0.1) is 31.3 Å². The van der Waals surface area contributed by atoms with Crippen LogP contribution in [-0.2, 0) is 30.3 Å². The molecule has 2 amide bonds. The number of β-lactam (4-membered cyclic amide) rings is 1. The number of hydrogen-bond acceptors (Lipinski definition) is 6. The van der Waals surface area contributed by atoms with E-state index in [2.05, 4.69) is 0 Å². The summed E-state index contributed by atoms with van der Waals surface area (Å²) in [6, 6.07) is 18.3. The number of rotatable bonds is 13. The van der Waals surface area contributed by atoms with Crippen LogP contribution in [0.2, 0.25) is 0 Å². The Labute approximate surface area is 271 Å². The monoisotopic (exact) mass is 648 g/mol. The number of anilines is 1. The molecule has 4 atom stereocenters. The second-order valence-electron chi connectivity index (χ2n) is 12.7. The Morgan fingerprint density at radius 1 is 0.979 bits per heavy atom. The molecule has 3 heterocycles. The van der Waals surface area contributed by atoms with Gasteiger partial charge in [0.2, 0.25) is 11.8 Å². The van der Waals surface area contributed by atoms with E-state index in [-0.39, 0.29) is 30.3 Å². The molecule has 248 valence electrons. The summed E-state index contributed by atoms with van der Waals surface area (Å²) in [6.45, 7) is 0.917. The van der Waals surface area contributed by atoms with Gasteiger partial charge in [-0.25, -0.2) is 13.6 Å². The van der Waals surface area contributed by atoms with Crippen LogP contribution < -0.4 is 4.90 Å². The van der Waals surface area contributed by atoms with Gasteiger partial charge in [-0.15, -0.1) is 0 Å². The fourth-order valence-electron chi connectivity index (χ4n) is 6.79. The molecule has 6 rings (SSSR count). The van der Waals surface area contributed by atoms with Crippen molar-refractivity contribution in [1.82, 2.24) is 4.90 Å². The molecule has 47 heavy (non-hydrogen) atoms. The molecule has 0 bridgehead atoms. The van der Waals surface area contributed by atoms with Crippen molar-refractivity contribution >= 4 is 23.5 Å². The number of aliphatic hydroxyl groups excluding tert-OH is 1. The Balaban J connectivity index is 1.10. The molecule has 0 spiro atoms. The molecular weight excluding hydrogens is 610 g/mol. The van der Waals surface area contributed by atoms with E-state index >= 15 is 0 Å². The molecule has 0 aromatic heterocycles. The SMILES string of the molecule is O=C(O)C1CCCN1C(=O)COC1(CCc2ccc([C@@H]3[C@@H](CC[C@H](O)c4ccc(F)cc4)C(=O)N3c3ccc(F)cc3)cc2)COC1. The van der Waals surface area contributed by atoms with Crippen molar-refractivity contribution < 1.29 is 42.9 Å². The zero-order valence-corrected chi connectivity index (χ0v) is 25.9. The maximum Gasteiger partial charge on any atom is 0.326 e. The van der Waals surface area contributed by atoms with Crippen LogP contribution in [-0.4, -0.2) is 70.9 Å². The number of nitrogens with zero attached hydrogens (tertiary/aromatic N) is 2. The van der Waals surface area contributed by atoms with Gasteiger partial charge < -0.3 is 29.5 Å². The average molecular weight is 649 g/mol. The lowest BCUT2D eigenvalue weighted by Crippen LogP contribution is -2.55. The van der Waals surface area contributed by atoms with Crippen LogP contribution in [0.5, 0.6) is 0 Å². The molecular formula is C36H38F2N2O7. The number of aliphatic carboxylic acids is 1. The summed E-state index contributed by atoms with van der Waals surface area (Å²) >= 11 is 0. The first-order chi connectivity index (χ1) is 22.6. The summed E-state index contributed by atoms with van der Waals surface area (Å²) in [6.07, 6.45) is 2.23. The lowest BCUT2D eigenvalue weighted by atomic mass is 9.78. The minimum Gasteiger partial charge on any atom is -0.480 e. The zero-order chi connectivity index (χ0) is 33.1. The van der Waals surface area contributed by atoms with Crippen LogP contribution >= 0.6 is 0 Å². The molecule has 3 fully saturated rings. The molecule has 1 unspecified atom stereocenters. The number of likely N-dealkylation sites (tertiary alicyclic amines) is 1. The first kappa shape index (κ1) is 32.7. The number of aryl methyl sites for hydroxylation is 1. The van der Waals surface area contributed by atoms with Crippen LogP contribution in [0.1, 0.15) is 60.9 Å². The van der Waals surface area contributed by atoms with Gasteiger partial charge in [0.1, 0.15) is 29.9 Å². The van der Waals surface area contributed by atoms with Gasteiger partial charge in [-0.3, -0.25) is 9.59 Å². The van der Waals surface area contributed by atoms with Gasteiger partial charge in [-0.2, -0.15) is 0 Å². The van der Waals surface area contributed by atoms with Gasteiger partial charge in [0.25, 0.3) is 0 Å². The van der Waals surface area contributed by atoms with E-state index in [9.17, 15) is 33.4 Å². The highest BCUT2D eigenvalue weighted by atomic mass is 19.1. The van der Waals surface area contributed by atoms with Crippen LogP contribution in [0, 0.1) is 17.6 Å². The zero-order valence-electron chi connectivity index (χ0n) is 25.9. The maximum atomic E-state index is 13.7. The highest BCUT2D eigenvalue weighted by molar-refractivity contribution is 6.03. The van der Waals surface area contributed by atoms with Crippen LogP contribution in [0.15, 0.2) is 72.8 Å². The quantitative estimate of drug-likeness (QED) is 0.251. The van der Waals surface area contributed by atoms with E-state index in [1.165, 1.54) is 41.3 Å². The number of carbonyl (C=O) groups excluding carboxylic acids is 2. The number of hydrogen-bond donors (Lipinski definition) is 2. The lowest BCUT2D eigenvalue weighted by molar-refractivity contribution is -0.214. The van der Waals surface area contributed by atoms with Crippen molar-refractivity contribution in [3.63, 3.8) is 0 Å². The molecule has 3 aliphatic heterocycles. The second kappa shape index (κ2) is 13.9. The summed E-state index contributed by atoms with van der Waals surface area (Å²) < 4.78 is 38.5. The van der Waals surface area contributed by atoms with Gasteiger partial charge in [-0.05, 0) is 91.6 Å². The van der Waals surface area contributed by atoms with Crippen molar-refractivity contribution in [3.8, 4) is 0 Å². The minimum atomic E-state index is -0.998. The van der Waals surface area contributed by atoms with Gasteiger partial charge in [-0.1, -0.05) is 36.4 Å². The third kappa shape index (κ3) is 7.07. The number of carbonyl (C=O) groups is 3. The molecule has 3 aliphatic rings. The van der Waals surface area contributed by atoms with Crippen LogP contribution in [0.3, 0.4) is 0 Å². The van der Waals surface area contributed by atoms with E-state index in [4.69, 9.17) is 9.47 Å². The number of halogens is 2. The maximum absolute atomic E-state index is 13.7. The third-order valence-electron chi connectivity index (χ3n) is 9.61. The van der Waals surface area contributed by atoms with Gasteiger partial charge in [0.15, 0.2) is 0 Å². The highest BCUT2D eigenvalue weighted by Gasteiger charge is 2.48. The molecule has 3 saturated heterocycles. The van der Waals surface area contributed by atoms with Crippen molar-refractivity contribution in [3.05, 3.63) is 101 Å². The summed E-state index contributed by atoms with van der Waals surface area (Å²) in [5.74, 6) is -2.63. The normalized spacial score (nSPS) is 22.4. The minimum absolute atomic E-state index is 0.112. The second-order valence-corrected chi connectivity index (χ2v) is 12.7. The predicted molar refractivity (Wildman–Crippen MR) is 167 cm³/mol. The van der Waals surface area contributed by atoms with E-state index in [1.807, 2.05) is 24.3 Å². The predicted octanol–water partition coefficient (Wildman–Crippen LogP) is 4.98. The highest BCUT2D eigenvalue weighted by Crippen LogP contribution is 2.46.